The highest BCUT2D eigenvalue weighted by molar-refractivity contribution is 7.92. The molecule has 0 unspecified atom stereocenters. The molecule has 138 valence electrons. The van der Waals surface area contributed by atoms with E-state index < -0.39 is 10.0 Å². The molecule has 25 heavy (non-hydrogen) atoms. The summed E-state index contributed by atoms with van der Waals surface area (Å²) in [6.07, 6.45) is 1.10. The van der Waals surface area contributed by atoms with Gasteiger partial charge in [-0.1, -0.05) is 27.7 Å². The quantitative estimate of drug-likeness (QED) is 0.815. The lowest BCUT2D eigenvalue weighted by Gasteiger charge is -2.20. The summed E-state index contributed by atoms with van der Waals surface area (Å²) in [6.45, 7) is 9.85. The average Bonchev–Trinajstić information content (AvgIpc) is 2.56. The fourth-order valence-electron chi connectivity index (χ4n) is 2.26. The first-order valence-corrected chi connectivity index (χ1v) is 10.0. The number of hydrogen-bond donors (Lipinski definition) is 0. The van der Waals surface area contributed by atoms with Gasteiger partial charge in [0.25, 0.3) is 0 Å². The molecule has 0 saturated heterocycles. The van der Waals surface area contributed by atoms with Crippen LogP contribution in [0.25, 0.3) is 11.3 Å². The van der Waals surface area contributed by atoms with Crippen LogP contribution in [-0.2, 0) is 10.0 Å². The van der Waals surface area contributed by atoms with Gasteiger partial charge < -0.3 is 0 Å². The Labute approximate surface area is 150 Å². The molecule has 0 N–H and O–H groups in total. The molecule has 0 saturated carbocycles. The summed E-state index contributed by atoms with van der Waals surface area (Å²) in [5, 5.41) is 0. The monoisotopic (exact) mass is 367 g/mol. The minimum absolute atomic E-state index is 0.101. The molecule has 0 aliphatic rings. The first kappa shape index (κ1) is 21.0. The molecule has 0 bridgehead atoms. The van der Waals surface area contributed by atoms with Crippen molar-refractivity contribution in [2.24, 2.45) is 0 Å². The molecule has 0 amide bonds. The second kappa shape index (κ2) is 8.38. The third kappa shape index (κ3) is 4.98. The number of nitrogens with zero attached hydrogens (tertiary/aromatic N) is 3. The van der Waals surface area contributed by atoms with Gasteiger partial charge in [0, 0.05) is 12.6 Å². The van der Waals surface area contributed by atoms with E-state index in [-0.39, 0.29) is 17.7 Å². The van der Waals surface area contributed by atoms with Gasteiger partial charge in [-0.05, 0) is 42.7 Å². The first-order valence-electron chi connectivity index (χ1n) is 8.19. The largest absolute Gasteiger partial charge is 0.241 e. The van der Waals surface area contributed by atoms with E-state index in [1.165, 1.54) is 19.2 Å². The lowest BCUT2D eigenvalue weighted by Crippen LogP contribution is -2.27. The van der Waals surface area contributed by atoms with E-state index in [1.807, 2.05) is 34.6 Å². The van der Waals surface area contributed by atoms with E-state index in [0.717, 1.165) is 27.4 Å². The molecule has 7 heteroatoms. The van der Waals surface area contributed by atoms with Crippen molar-refractivity contribution in [3.05, 3.63) is 41.3 Å². The minimum Gasteiger partial charge on any atom is -0.241 e. The Kier molecular flexibility index (Phi) is 7.05. The number of rotatable bonds is 4. The van der Waals surface area contributed by atoms with Gasteiger partial charge in [0.05, 0.1) is 17.6 Å². The van der Waals surface area contributed by atoms with E-state index in [2.05, 4.69) is 9.97 Å². The van der Waals surface area contributed by atoms with Gasteiger partial charge in [0.1, 0.15) is 5.82 Å². The third-order valence-corrected chi connectivity index (χ3v) is 4.77. The summed E-state index contributed by atoms with van der Waals surface area (Å²) in [7, 11) is -2.05. The minimum atomic E-state index is -3.47. The number of halogens is 1. The maximum absolute atomic E-state index is 13.2. The summed E-state index contributed by atoms with van der Waals surface area (Å²) in [5.41, 5.74) is 2.95. The molecule has 0 aliphatic heterocycles. The Morgan fingerprint density at radius 2 is 1.60 bits per heavy atom. The Bertz CT molecular complexity index is 819. The van der Waals surface area contributed by atoms with Crippen LogP contribution in [0.5, 0.6) is 0 Å². The zero-order chi connectivity index (χ0) is 19.4. The normalized spacial score (nSPS) is 11.1. The molecular formula is C18H26FN3O2S. The summed E-state index contributed by atoms with van der Waals surface area (Å²) in [4.78, 5) is 8.80. The third-order valence-electron chi connectivity index (χ3n) is 3.62. The Hall–Kier alpha value is -2.02. The van der Waals surface area contributed by atoms with Crippen molar-refractivity contribution in [1.29, 1.82) is 0 Å². The number of sulfonamides is 1. The standard InChI is InChI=1S/C16H20FN3O2S.C2H6/c1-10(2)14-11(3)15(12-6-8-13(17)9-7-12)19-16(18-14)20(4)23(5,21)22;1-2/h6-10H,1-5H3;1-2H3. The zero-order valence-corrected chi connectivity index (χ0v) is 16.6. The van der Waals surface area contributed by atoms with Gasteiger partial charge in [-0.2, -0.15) is 0 Å². The zero-order valence-electron chi connectivity index (χ0n) is 15.8. The van der Waals surface area contributed by atoms with Crippen LogP contribution in [0.1, 0.15) is 44.9 Å². The molecule has 0 aliphatic carbocycles. The number of hydrogen-bond acceptors (Lipinski definition) is 4. The highest BCUT2D eigenvalue weighted by atomic mass is 32.2. The highest BCUT2D eigenvalue weighted by Crippen LogP contribution is 2.29. The van der Waals surface area contributed by atoms with Crippen LogP contribution in [0.4, 0.5) is 10.3 Å². The van der Waals surface area contributed by atoms with Crippen molar-refractivity contribution in [1.82, 2.24) is 9.97 Å². The first-order chi connectivity index (χ1) is 11.6. The molecule has 0 spiro atoms. The predicted octanol–water partition coefficient (Wildman–Crippen LogP) is 4.14. The summed E-state index contributed by atoms with van der Waals surface area (Å²) >= 11 is 0. The number of anilines is 1. The molecule has 1 aromatic carbocycles. The van der Waals surface area contributed by atoms with Crippen LogP contribution < -0.4 is 4.31 Å². The molecule has 5 nitrogen and oxygen atoms in total. The Morgan fingerprint density at radius 3 is 2.04 bits per heavy atom. The molecule has 2 rings (SSSR count). The van der Waals surface area contributed by atoms with Crippen LogP contribution in [-0.4, -0.2) is 31.7 Å². The maximum atomic E-state index is 13.2. The Balaban J connectivity index is 0.00000151. The lowest BCUT2D eigenvalue weighted by molar-refractivity contribution is 0.599. The SMILES string of the molecule is CC.Cc1c(-c2ccc(F)cc2)nc(N(C)S(C)(=O)=O)nc1C(C)C. The van der Waals surface area contributed by atoms with Crippen LogP contribution >= 0.6 is 0 Å². The van der Waals surface area contributed by atoms with Gasteiger partial charge in [0.2, 0.25) is 16.0 Å². The van der Waals surface area contributed by atoms with E-state index in [1.54, 1.807) is 12.1 Å². The molecular weight excluding hydrogens is 341 g/mol. The molecule has 1 aromatic heterocycles. The second-order valence-electron chi connectivity index (χ2n) is 5.77. The molecule has 0 radical (unpaired) electrons. The summed E-state index contributed by atoms with van der Waals surface area (Å²) in [5.74, 6) is -0.122. The average molecular weight is 367 g/mol. The van der Waals surface area contributed by atoms with Crippen LogP contribution in [0.3, 0.4) is 0 Å². The van der Waals surface area contributed by atoms with E-state index in [4.69, 9.17) is 0 Å². The van der Waals surface area contributed by atoms with Gasteiger partial charge >= 0.3 is 0 Å². The second-order valence-corrected chi connectivity index (χ2v) is 7.79. The van der Waals surface area contributed by atoms with Crippen molar-refractivity contribution in [2.75, 3.05) is 17.6 Å². The Morgan fingerprint density at radius 1 is 1.08 bits per heavy atom. The molecule has 2 aromatic rings. The summed E-state index contributed by atoms with van der Waals surface area (Å²) in [6, 6.07) is 5.95. The predicted molar refractivity (Wildman–Crippen MR) is 101 cm³/mol. The summed E-state index contributed by atoms with van der Waals surface area (Å²) < 4.78 is 37.8. The van der Waals surface area contributed by atoms with E-state index in [0.29, 0.717) is 5.69 Å². The fourth-order valence-corrected chi connectivity index (χ4v) is 2.64. The van der Waals surface area contributed by atoms with Gasteiger partial charge in [0.15, 0.2) is 0 Å². The topological polar surface area (TPSA) is 63.2 Å². The molecule has 0 fully saturated rings. The maximum Gasteiger partial charge on any atom is 0.239 e. The van der Waals surface area contributed by atoms with Crippen molar-refractivity contribution in [3.63, 3.8) is 0 Å². The number of benzene rings is 1. The van der Waals surface area contributed by atoms with E-state index in [9.17, 15) is 12.8 Å². The fraction of sp³-hybridized carbons (Fsp3) is 0.444. The van der Waals surface area contributed by atoms with Crippen LogP contribution in [0.15, 0.2) is 24.3 Å². The van der Waals surface area contributed by atoms with E-state index >= 15 is 0 Å². The highest BCUT2D eigenvalue weighted by Gasteiger charge is 2.21. The van der Waals surface area contributed by atoms with Crippen LogP contribution in [0.2, 0.25) is 0 Å². The van der Waals surface area contributed by atoms with Gasteiger partial charge in [-0.25, -0.2) is 27.1 Å². The van der Waals surface area contributed by atoms with Crippen molar-refractivity contribution in [2.45, 2.75) is 40.5 Å². The number of aromatic nitrogens is 2. The lowest BCUT2D eigenvalue weighted by atomic mass is 10.00. The molecule has 0 atom stereocenters. The molecule has 1 heterocycles. The van der Waals surface area contributed by atoms with Gasteiger partial charge in [-0.15, -0.1) is 0 Å². The van der Waals surface area contributed by atoms with Crippen molar-refractivity contribution < 1.29 is 12.8 Å². The van der Waals surface area contributed by atoms with Gasteiger partial charge in [-0.3, -0.25) is 0 Å². The van der Waals surface area contributed by atoms with Crippen molar-refractivity contribution >= 4 is 16.0 Å². The van der Waals surface area contributed by atoms with Crippen molar-refractivity contribution in [3.8, 4) is 11.3 Å². The smallest absolute Gasteiger partial charge is 0.239 e. The van der Waals surface area contributed by atoms with Crippen LogP contribution in [0, 0.1) is 12.7 Å².